The van der Waals surface area contributed by atoms with Gasteiger partial charge in [0.1, 0.15) is 0 Å². The molecular weight excluding hydrogens is 330 g/mol. The van der Waals surface area contributed by atoms with Crippen LogP contribution >= 0.6 is 0 Å². The average molecular weight is 353 g/mol. The quantitative estimate of drug-likeness (QED) is 0.836. The molecule has 0 bridgehead atoms. The molecule has 1 unspecified atom stereocenters. The Bertz CT molecular complexity index is 684. The van der Waals surface area contributed by atoms with Gasteiger partial charge in [0.15, 0.2) is 0 Å². The van der Waals surface area contributed by atoms with Crippen LogP contribution in [0.15, 0.2) is 29.2 Å². The summed E-state index contributed by atoms with van der Waals surface area (Å²) in [5, 5.41) is 3.18. The van der Waals surface area contributed by atoms with Crippen LogP contribution in [-0.2, 0) is 14.8 Å². The number of carbonyl (C=O) groups excluding carboxylic acids is 1. The summed E-state index contributed by atoms with van der Waals surface area (Å²) in [6.07, 6.45) is 0. The first kappa shape index (κ1) is 17.3. The van der Waals surface area contributed by atoms with E-state index in [1.165, 1.54) is 16.4 Å². The molecule has 1 aromatic carbocycles. The van der Waals surface area contributed by atoms with Crippen LogP contribution in [0.1, 0.15) is 17.3 Å². The summed E-state index contributed by atoms with van der Waals surface area (Å²) in [5.74, 6) is -0.0854. The number of hydrogen-bond donors (Lipinski definition) is 1. The largest absolute Gasteiger partial charge is 0.378 e. The standard InChI is InChI=1S/C16H23N3O4S/c1-13-12-17-6-7-19(13)24(21,22)15-4-2-14(3-5-15)16(20)18-8-10-23-11-9-18/h2-5,13,17H,6-12H2,1H3. The molecule has 1 N–H and O–H groups in total. The maximum Gasteiger partial charge on any atom is 0.254 e. The van der Waals surface area contributed by atoms with Gasteiger partial charge in [-0.05, 0) is 31.2 Å². The normalized spacial score (nSPS) is 23.2. The Morgan fingerprint density at radius 2 is 1.83 bits per heavy atom. The first-order valence-corrected chi connectivity index (χ1v) is 9.64. The number of amides is 1. The highest BCUT2D eigenvalue weighted by Crippen LogP contribution is 2.20. The lowest BCUT2D eigenvalue weighted by Crippen LogP contribution is -2.52. The number of carbonyl (C=O) groups is 1. The Balaban J connectivity index is 1.77. The molecule has 132 valence electrons. The molecule has 7 nitrogen and oxygen atoms in total. The molecule has 0 aromatic heterocycles. The molecule has 8 heteroatoms. The molecule has 2 aliphatic heterocycles. The van der Waals surface area contributed by atoms with E-state index in [9.17, 15) is 13.2 Å². The van der Waals surface area contributed by atoms with E-state index >= 15 is 0 Å². The maximum absolute atomic E-state index is 12.8. The van der Waals surface area contributed by atoms with Crippen molar-refractivity contribution in [2.45, 2.75) is 17.9 Å². The molecule has 2 heterocycles. The van der Waals surface area contributed by atoms with Crippen LogP contribution in [0, 0.1) is 0 Å². The monoisotopic (exact) mass is 353 g/mol. The van der Waals surface area contributed by atoms with Gasteiger partial charge in [-0.1, -0.05) is 0 Å². The highest BCUT2D eigenvalue weighted by atomic mass is 32.2. The van der Waals surface area contributed by atoms with Gasteiger partial charge in [0.05, 0.1) is 18.1 Å². The second kappa shape index (κ2) is 7.18. The number of benzene rings is 1. The molecule has 1 atom stereocenters. The first-order valence-electron chi connectivity index (χ1n) is 8.20. The van der Waals surface area contributed by atoms with Crippen LogP contribution < -0.4 is 5.32 Å². The third-order valence-corrected chi connectivity index (χ3v) is 6.47. The van der Waals surface area contributed by atoms with E-state index in [1.54, 1.807) is 17.0 Å². The van der Waals surface area contributed by atoms with Gasteiger partial charge in [-0.2, -0.15) is 4.31 Å². The minimum atomic E-state index is -3.53. The van der Waals surface area contributed by atoms with Crippen molar-refractivity contribution in [3.05, 3.63) is 29.8 Å². The van der Waals surface area contributed by atoms with Gasteiger partial charge in [-0.3, -0.25) is 4.79 Å². The van der Waals surface area contributed by atoms with Crippen LogP contribution in [0.2, 0.25) is 0 Å². The lowest BCUT2D eigenvalue weighted by molar-refractivity contribution is 0.0303. The highest BCUT2D eigenvalue weighted by molar-refractivity contribution is 7.89. The lowest BCUT2D eigenvalue weighted by atomic mass is 10.2. The molecular formula is C16H23N3O4S. The van der Waals surface area contributed by atoms with Gasteiger partial charge in [-0.15, -0.1) is 0 Å². The topological polar surface area (TPSA) is 79.0 Å². The van der Waals surface area contributed by atoms with Gasteiger partial charge >= 0.3 is 0 Å². The molecule has 2 aliphatic rings. The van der Waals surface area contributed by atoms with Crippen molar-refractivity contribution in [1.82, 2.24) is 14.5 Å². The second-order valence-corrected chi connectivity index (χ2v) is 7.99. The fourth-order valence-electron chi connectivity index (χ4n) is 3.03. The Kier molecular flexibility index (Phi) is 5.19. The molecule has 0 aliphatic carbocycles. The average Bonchev–Trinajstić information content (AvgIpc) is 2.62. The number of hydrogen-bond acceptors (Lipinski definition) is 5. The number of morpholine rings is 1. The van der Waals surface area contributed by atoms with Crippen molar-refractivity contribution in [2.75, 3.05) is 45.9 Å². The van der Waals surface area contributed by atoms with Crippen LogP contribution in [0.4, 0.5) is 0 Å². The molecule has 1 aromatic rings. The van der Waals surface area contributed by atoms with Crippen molar-refractivity contribution in [1.29, 1.82) is 0 Å². The van der Waals surface area contributed by atoms with Crippen LogP contribution in [0.25, 0.3) is 0 Å². The van der Waals surface area contributed by atoms with E-state index in [0.717, 1.165) is 0 Å². The van der Waals surface area contributed by atoms with Gasteiger partial charge < -0.3 is 15.0 Å². The van der Waals surface area contributed by atoms with Crippen molar-refractivity contribution in [3.8, 4) is 0 Å². The number of piperazine rings is 1. The Morgan fingerprint density at radius 3 is 2.46 bits per heavy atom. The van der Waals surface area contributed by atoms with E-state index in [1.807, 2.05) is 6.92 Å². The molecule has 2 fully saturated rings. The Morgan fingerprint density at radius 1 is 1.17 bits per heavy atom. The van der Waals surface area contributed by atoms with E-state index in [-0.39, 0.29) is 16.8 Å². The smallest absolute Gasteiger partial charge is 0.254 e. The fraction of sp³-hybridized carbons (Fsp3) is 0.562. The van der Waals surface area contributed by atoms with Gasteiger partial charge in [0.2, 0.25) is 10.0 Å². The summed E-state index contributed by atoms with van der Waals surface area (Å²) < 4.78 is 32.3. The molecule has 24 heavy (non-hydrogen) atoms. The SMILES string of the molecule is CC1CNCCN1S(=O)(=O)c1ccc(C(=O)N2CCOCC2)cc1. The Hall–Kier alpha value is -1.48. The van der Waals surface area contributed by atoms with Gasteiger partial charge in [-0.25, -0.2) is 8.42 Å². The minimum absolute atomic E-state index is 0.0848. The summed E-state index contributed by atoms with van der Waals surface area (Å²) in [4.78, 5) is 14.4. The number of rotatable bonds is 3. The predicted octanol–water partition coefficient (Wildman–Crippen LogP) is 0.141. The summed E-state index contributed by atoms with van der Waals surface area (Å²) >= 11 is 0. The zero-order valence-corrected chi connectivity index (χ0v) is 14.6. The molecule has 0 spiro atoms. The molecule has 1 amide bonds. The van der Waals surface area contributed by atoms with E-state index in [2.05, 4.69) is 5.32 Å². The maximum atomic E-state index is 12.8. The third kappa shape index (κ3) is 3.46. The van der Waals surface area contributed by atoms with Gasteiger partial charge in [0.25, 0.3) is 5.91 Å². The van der Waals surface area contributed by atoms with Crippen molar-refractivity contribution >= 4 is 15.9 Å². The number of nitrogens with zero attached hydrogens (tertiary/aromatic N) is 2. The minimum Gasteiger partial charge on any atom is -0.378 e. The first-order chi connectivity index (χ1) is 11.5. The zero-order chi connectivity index (χ0) is 17.2. The number of ether oxygens (including phenoxy) is 1. The van der Waals surface area contributed by atoms with Crippen LogP contribution in [0.3, 0.4) is 0 Å². The molecule has 3 rings (SSSR count). The fourth-order valence-corrected chi connectivity index (χ4v) is 4.66. The summed E-state index contributed by atoms with van der Waals surface area (Å²) in [5.41, 5.74) is 0.504. The van der Waals surface area contributed by atoms with Crippen molar-refractivity contribution in [3.63, 3.8) is 0 Å². The van der Waals surface area contributed by atoms with E-state index < -0.39 is 10.0 Å². The van der Waals surface area contributed by atoms with E-state index in [4.69, 9.17) is 4.74 Å². The second-order valence-electron chi connectivity index (χ2n) is 6.10. The van der Waals surface area contributed by atoms with Crippen LogP contribution in [-0.4, -0.2) is 75.5 Å². The highest BCUT2D eigenvalue weighted by Gasteiger charge is 2.31. The summed E-state index contributed by atoms with van der Waals surface area (Å²) in [6, 6.07) is 6.16. The molecule has 0 radical (unpaired) electrons. The zero-order valence-electron chi connectivity index (χ0n) is 13.8. The van der Waals surface area contributed by atoms with Gasteiger partial charge in [0, 0.05) is 44.3 Å². The molecule has 2 saturated heterocycles. The third-order valence-electron chi connectivity index (χ3n) is 4.45. The molecule has 0 saturated carbocycles. The van der Waals surface area contributed by atoms with Crippen LogP contribution in [0.5, 0.6) is 0 Å². The summed E-state index contributed by atoms with van der Waals surface area (Å²) in [7, 11) is -3.53. The summed E-state index contributed by atoms with van der Waals surface area (Å²) in [6.45, 7) is 5.86. The van der Waals surface area contributed by atoms with Crippen molar-refractivity contribution < 1.29 is 17.9 Å². The predicted molar refractivity (Wildman–Crippen MR) is 89.4 cm³/mol. The van der Waals surface area contributed by atoms with E-state index in [0.29, 0.717) is 51.5 Å². The van der Waals surface area contributed by atoms with Crippen molar-refractivity contribution in [2.24, 2.45) is 0 Å². The number of nitrogens with one attached hydrogen (secondary N) is 1. The Labute approximate surface area is 142 Å². The number of sulfonamides is 1. The lowest BCUT2D eigenvalue weighted by Gasteiger charge is -2.32.